The molecule has 5 heteroatoms. The Morgan fingerprint density at radius 2 is 2.00 bits per heavy atom. The summed E-state index contributed by atoms with van der Waals surface area (Å²) < 4.78 is 1.90. The van der Waals surface area contributed by atoms with Gasteiger partial charge in [-0.25, -0.2) is 9.50 Å². The Balaban J connectivity index is 2.01. The predicted octanol–water partition coefficient (Wildman–Crippen LogP) is 2.91. The highest BCUT2D eigenvalue weighted by atomic mass is 16.2. The van der Waals surface area contributed by atoms with Crippen LogP contribution < -0.4 is 0 Å². The number of nitrogens with zero attached hydrogens (tertiary/aromatic N) is 4. The molecule has 0 aliphatic rings. The van der Waals surface area contributed by atoms with Crippen molar-refractivity contribution in [2.75, 3.05) is 13.6 Å². The molecule has 0 spiro atoms. The first-order chi connectivity index (χ1) is 11.0. The molecular weight excluding hydrogens is 288 g/mol. The van der Waals surface area contributed by atoms with Crippen molar-refractivity contribution in [2.45, 2.75) is 33.6 Å². The van der Waals surface area contributed by atoms with Gasteiger partial charge in [-0.2, -0.15) is 5.10 Å². The largest absolute Gasteiger partial charge is 0.346 e. The van der Waals surface area contributed by atoms with Gasteiger partial charge in [-0.05, 0) is 44.9 Å². The summed E-state index contributed by atoms with van der Waals surface area (Å²) in [6.07, 6.45) is 1.19. The molecule has 2 aromatic heterocycles. The van der Waals surface area contributed by atoms with Crippen LogP contribution in [0.1, 0.15) is 30.3 Å². The average molecular weight is 310 g/mol. The number of carbonyl (C=O) groups excluding carboxylic acids is 1. The van der Waals surface area contributed by atoms with Gasteiger partial charge in [-0.3, -0.25) is 4.79 Å². The first kappa shape index (κ1) is 15.5. The summed E-state index contributed by atoms with van der Waals surface area (Å²) in [4.78, 5) is 18.5. The zero-order valence-corrected chi connectivity index (χ0v) is 14.1. The number of hydrogen-bond acceptors (Lipinski definition) is 3. The van der Waals surface area contributed by atoms with E-state index in [1.807, 2.05) is 49.7 Å². The lowest BCUT2D eigenvalue weighted by molar-refractivity contribution is -0.129. The molecule has 0 fully saturated rings. The van der Waals surface area contributed by atoms with Crippen molar-refractivity contribution in [1.29, 1.82) is 0 Å². The maximum absolute atomic E-state index is 12.1. The van der Waals surface area contributed by atoms with Gasteiger partial charge in [-0.15, -0.1) is 0 Å². The van der Waals surface area contributed by atoms with Gasteiger partial charge in [-0.1, -0.05) is 12.1 Å². The third-order valence-electron chi connectivity index (χ3n) is 4.51. The second kappa shape index (κ2) is 5.99. The molecule has 0 bridgehead atoms. The third kappa shape index (κ3) is 2.67. The van der Waals surface area contributed by atoms with E-state index in [1.54, 1.807) is 4.90 Å². The van der Waals surface area contributed by atoms with E-state index in [-0.39, 0.29) is 5.91 Å². The molecular formula is C18H22N4O. The van der Waals surface area contributed by atoms with E-state index in [9.17, 15) is 4.79 Å². The van der Waals surface area contributed by atoms with E-state index in [2.05, 4.69) is 12.0 Å². The normalized spacial score (nSPS) is 11.3. The number of amides is 1. The monoisotopic (exact) mass is 310 g/mol. The van der Waals surface area contributed by atoms with Crippen molar-refractivity contribution >= 4 is 22.5 Å². The molecule has 0 unspecified atom stereocenters. The molecule has 0 aliphatic carbocycles. The second-order valence-electron chi connectivity index (χ2n) is 5.92. The minimum atomic E-state index is 0.164. The number of carbonyl (C=O) groups is 1. The zero-order valence-electron chi connectivity index (χ0n) is 14.1. The Kier molecular flexibility index (Phi) is 4.03. The number of aromatic nitrogens is 3. The quantitative estimate of drug-likeness (QED) is 0.744. The van der Waals surface area contributed by atoms with Crippen LogP contribution in [0.5, 0.6) is 0 Å². The summed E-state index contributed by atoms with van der Waals surface area (Å²) in [6, 6.07) is 8.03. The predicted molar refractivity (Wildman–Crippen MR) is 91.6 cm³/mol. The zero-order chi connectivity index (χ0) is 16.6. The van der Waals surface area contributed by atoms with Gasteiger partial charge < -0.3 is 4.90 Å². The van der Waals surface area contributed by atoms with Crippen molar-refractivity contribution in [3.05, 3.63) is 41.2 Å². The van der Waals surface area contributed by atoms with Gasteiger partial charge in [0.1, 0.15) is 0 Å². The maximum Gasteiger partial charge on any atom is 0.222 e. The summed E-state index contributed by atoms with van der Waals surface area (Å²) in [5, 5.41) is 5.72. The molecule has 0 saturated carbocycles. The fraction of sp³-hybridized carbons (Fsp3) is 0.389. The molecule has 1 aromatic carbocycles. The standard InChI is InChI=1S/C18H22N4O/c1-5-21(4)17(23)11-10-14-12(2)19-18-15-8-6-7-9-16(15)20-22(18)13(14)3/h6-9H,5,10-11H2,1-4H3. The van der Waals surface area contributed by atoms with E-state index in [1.165, 1.54) is 0 Å². The molecule has 23 heavy (non-hydrogen) atoms. The Hall–Kier alpha value is -2.43. The summed E-state index contributed by atoms with van der Waals surface area (Å²) >= 11 is 0. The lowest BCUT2D eigenvalue weighted by Gasteiger charge is -2.15. The third-order valence-corrected chi connectivity index (χ3v) is 4.51. The summed E-state index contributed by atoms with van der Waals surface area (Å²) in [7, 11) is 1.84. The van der Waals surface area contributed by atoms with E-state index in [0.717, 1.165) is 40.0 Å². The average Bonchev–Trinajstić information content (AvgIpc) is 2.92. The van der Waals surface area contributed by atoms with Gasteiger partial charge in [0, 0.05) is 36.8 Å². The van der Waals surface area contributed by atoms with Crippen molar-refractivity contribution in [2.24, 2.45) is 0 Å². The Morgan fingerprint density at radius 3 is 2.74 bits per heavy atom. The summed E-state index contributed by atoms with van der Waals surface area (Å²) in [5.41, 5.74) is 4.99. The second-order valence-corrected chi connectivity index (χ2v) is 5.92. The van der Waals surface area contributed by atoms with Gasteiger partial charge >= 0.3 is 0 Å². The Labute approximate surface area is 135 Å². The molecule has 0 radical (unpaired) electrons. The molecule has 5 nitrogen and oxygen atoms in total. The SMILES string of the molecule is CCN(C)C(=O)CCc1c(C)nc2c3ccccc3nn2c1C. The van der Waals surface area contributed by atoms with Gasteiger partial charge in [0.05, 0.1) is 5.52 Å². The van der Waals surface area contributed by atoms with E-state index in [0.29, 0.717) is 12.8 Å². The Morgan fingerprint density at radius 1 is 1.26 bits per heavy atom. The highest BCUT2D eigenvalue weighted by molar-refractivity contribution is 5.92. The van der Waals surface area contributed by atoms with Crippen molar-refractivity contribution in [1.82, 2.24) is 19.5 Å². The van der Waals surface area contributed by atoms with Crippen LogP contribution in [0.3, 0.4) is 0 Å². The number of benzene rings is 1. The van der Waals surface area contributed by atoms with Crippen LogP contribution in [0.15, 0.2) is 24.3 Å². The molecule has 0 aliphatic heterocycles. The lowest BCUT2D eigenvalue weighted by Crippen LogP contribution is -2.26. The molecule has 1 amide bonds. The number of aryl methyl sites for hydroxylation is 2. The number of hydrogen-bond donors (Lipinski definition) is 0. The van der Waals surface area contributed by atoms with Crippen molar-refractivity contribution in [3.8, 4) is 0 Å². The summed E-state index contributed by atoms with van der Waals surface area (Å²) in [6.45, 7) is 6.78. The van der Waals surface area contributed by atoms with Crippen LogP contribution in [0, 0.1) is 13.8 Å². The highest BCUT2D eigenvalue weighted by Crippen LogP contribution is 2.22. The van der Waals surface area contributed by atoms with Crippen LogP contribution in [-0.4, -0.2) is 39.0 Å². The van der Waals surface area contributed by atoms with Crippen LogP contribution in [0.4, 0.5) is 0 Å². The molecule has 0 N–H and O–H groups in total. The van der Waals surface area contributed by atoms with Gasteiger partial charge in [0.2, 0.25) is 5.91 Å². The fourth-order valence-corrected chi connectivity index (χ4v) is 2.94. The van der Waals surface area contributed by atoms with Crippen LogP contribution >= 0.6 is 0 Å². The Bertz CT molecular complexity index is 881. The smallest absolute Gasteiger partial charge is 0.222 e. The van der Waals surface area contributed by atoms with Gasteiger partial charge in [0.25, 0.3) is 0 Å². The van der Waals surface area contributed by atoms with E-state index in [4.69, 9.17) is 4.98 Å². The lowest BCUT2D eigenvalue weighted by atomic mass is 10.1. The summed E-state index contributed by atoms with van der Waals surface area (Å²) in [5.74, 6) is 0.164. The van der Waals surface area contributed by atoms with Crippen LogP contribution in [0.2, 0.25) is 0 Å². The number of fused-ring (bicyclic) bond motifs is 3. The number of rotatable bonds is 4. The van der Waals surface area contributed by atoms with Crippen molar-refractivity contribution in [3.63, 3.8) is 0 Å². The first-order valence-electron chi connectivity index (χ1n) is 8.00. The highest BCUT2D eigenvalue weighted by Gasteiger charge is 2.15. The molecule has 0 saturated heterocycles. The molecule has 0 atom stereocenters. The molecule has 3 aromatic rings. The van der Waals surface area contributed by atoms with Gasteiger partial charge in [0.15, 0.2) is 5.65 Å². The van der Waals surface area contributed by atoms with E-state index < -0.39 is 0 Å². The van der Waals surface area contributed by atoms with Crippen LogP contribution in [0.25, 0.3) is 16.6 Å². The fourth-order valence-electron chi connectivity index (χ4n) is 2.94. The molecule has 2 heterocycles. The molecule has 120 valence electrons. The van der Waals surface area contributed by atoms with Crippen molar-refractivity contribution < 1.29 is 4.79 Å². The minimum absolute atomic E-state index is 0.164. The van der Waals surface area contributed by atoms with Crippen LogP contribution in [-0.2, 0) is 11.2 Å². The first-order valence-corrected chi connectivity index (χ1v) is 8.00. The topological polar surface area (TPSA) is 50.5 Å². The maximum atomic E-state index is 12.1. The minimum Gasteiger partial charge on any atom is -0.346 e. The van der Waals surface area contributed by atoms with E-state index >= 15 is 0 Å². The molecule has 3 rings (SSSR count).